The number of piperidine rings is 1. The average Bonchev–Trinajstić information content (AvgIpc) is 2.61. The predicted molar refractivity (Wildman–Crippen MR) is 93.7 cm³/mol. The largest absolute Gasteiger partial charge is 0.381 e. The Morgan fingerprint density at radius 3 is 2.61 bits per heavy atom. The van der Waals surface area contributed by atoms with Crippen molar-refractivity contribution in [2.75, 3.05) is 46.4 Å². The fourth-order valence-corrected chi connectivity index (χ4v) is 4.95. The molecular weight excluding hydrogens is 284 g/mol. The lowest BCUT2D eigenvalue weighted by Gasteiger charge is -2.51. The first-order valence-corrected chi connectivity index (χ1v) is 9.38. The van der Waals surface area contributed by atoms with Gasteiger partial charge in [0.1, 0.15) is 0 Å². The van der Waals surface area contributed by atoms with Gasteiger partial charge in [-0.25, -0.2) is 0 Å². The van der Waals surface area contributed by atoms with Crippen LogP contribution >= 0.6 is 0 Å². The topological polar surface area (TPSA) is 15.7 Å². The molecule has 3 heteroatoms. The molecule has 1 aromatic carbocycles. The second-order valence-electron chi connectivity index (χ2n) is 7.72. The van der Waals surface area contributed by atoms with Crippen LogP contribution in [0.25, 0.3) is 0 Å². The van der Waals surface area contributed by atoms with E-state index in [0.717, 1.165) is 19.1 Å². The summed E-state index contributed by atoms with van der Waals surface area (Å²) in [6, 6.07) is 9.17. The summed E-state index contributed by atoms with van der Waals surface area (Å²) >= 11 is 0. The zero-order chi connectivity index (χ0) is 15.7. The van der Waals surface area contributed by atoms with E-state index in [4.69, 9.17) is 4.74 Å². The first-order chi connectivity index (χ1) is 11.3. The Labute approximate surface area is 140 Å². The highest BCUT2D eigenvalue weighted by molar-refractivity contribution is 5.37. The monoisotopic (exact) mass is 314 g/mol. The Morgan fingerprint density at radius 2 is 1.83 bits per heavy atom. The van der Waals surface area contributed by atoms with Gasteiger partial charge < -0.3 is 9.64 Å². The van der Waals surface area contributed by atoms with Gasteiger partial charge in [0.05, 0.1) is 0 Å². The molecule has 2 saturated heterocycles. The third-order valence-corrected chi connectivity index (χ3v) is 6.51. The summed E-state index contributed by atoms with van der Waals surface area (Å²) in [5, 5.41) is 0. The zero-order valence-electron chi connectivity index (χ0n) is 14.5. The van der Waals surface area contributed by atoms with E-state index in [1.165, 1.54) is 58.3 Å². The first-order valence-electron chi connectivity index (χ1n) is 9.38. The highest BCUT2D eigenvalue weighted by Gasteiger charge is 2.42. The van der Waals surface area contributed by atoms with Gasteiger partial charge in [-0.1, -0.05) is 24.3 Å². The molecule has 0 radical (unpaired) electrons. The molecule has 3 aliphatic heterocycles. The lowest BCUT2D eigenvalue weighted by atomic mass is 9.74. The van der Waals surface area contributed by atoms with Crippen LogP contribution in [-0.2, 0) is 16.7 Å². The van der Waals surface area contributed by atoms with E-state index in [0.29, 0.717) is 5.54 Å². The third-order valence-electron chi connectivity index (χ3n) is 6.51. The lowest BCUT2D eigenvalue weighted by Crippen LogP contribution is -2.55. The van der Waals surface area contributed by atoms with Gasteiger partial charge in [0.25, 0.3) is 0 Å². The maximum Gasteiger partial charge on any atom is 0.0484 e. The summed E-state index contributed by atoms with van der Waals surface area (Å²) in [5.41, 5.74) is 3.49. The molecule has 3 heterocycles. The molecule has 1 spiro atoms. The molecule has 0 saturated carbocycles. The van der Waals surface area contributed by atoms with E-state index in [-0.39, 0.29) is 0 Å². The van der Waals surface area contributed by atoms with Crippen LogP contribution < -0.4 is 0 Å². The van der Waals surface area contributed by atoms with E-state index >= 15 is 0 Å². The van der Waals surface area contributed by atoms with Crippen molar-refractivity contribution >= 4 is 0 Å². The third kappa shape index (κ3) is 2.95. The maximum atomic E-state index is 5.51. The minimum absolute atomic E-state index is 0.293. The number of likely N-dealkylation sites (tertiary alicyclic amines) is 1. The van der Waals surface area contributed by atoms with E-state index in [9.17, 15) is 0 Å². The Morgan fingerprint density at radius 1 is 1.09 bits per heavy atom. The molecule has 2 fully saturated rings. The summed E-state index contributed by atoms with van der Waals surface area (Å²) in [7, 11) is 2.34. The van der Waals surface area contributed by atoms with Crippen molar-refractivity contribution in [3.05, 3.63) is 35.4 Å². The molecule has 0 atom stereocenters. The van der Waals surface area contributed by atoms with Crippen molar-refractivity contribution in [2.24, 2.45) is 5.92 Å². The summed E-state index contributed by atoms with van der Waals surface area (Å²) < 4.78 is 5.51. The molecule has 0 amide bonds. The highest BCUT2D eigenvalue weighted by atomic mass is 16.5. The average molecular weight is 314 g/mol. The Hall–Kier alpha value is -0.900. The van der Waals surface area contributed by atoms with Gasteiger partial charge in [-0.3, -0.25) is 4.90 Å². The summed E-state index contributed by atoms with van der Waals surface area (Å²) in [6.45, 7) is 6.92. The molecule has 0 N–H and O–H groups in total. The van der Waals surface area contributed by atoms with Gasteiger partial charge in [-0.05, 0) is 56.2 Å². The molecule has 3 aliphatic rings. The number of benzene rings is 1. The smallest absolute Gasteiger partial charge is 0.0484 e. The van der Waals surface area contributed by atoms with Crippen LogP contribution in [0.1, 0.15) is 36.8 Å². The van der Waals surface area contributed by atoms with E-state index in [2.05, 4.69) is 41.1 Å². The van der Waals surface area contributed by atoms with Crippen LogP contribution in [0.3, 0.4) is 0 Å². The number of hydrogen-bond acceptors (Lipinski definition) is 3. The zero-order valence-corrected chi connectivity index (χ0v) is 14.5. The van der Waals surface area contributed by atoms with Crippen LogP contribution in [0.15, 0.2) is 24.3 Å². The Bertz CT molecular complexity index is 530. The van der Waals surface area contributed by atoms with Crippen molar-refractivity contribution in [3.8, 4) is 0 Å². The molecule has 0 aliphatic carbocycles. The second-order valence-corrected chi connectivity index (χ2v) is 7.72. The van der Waals surface area contributed by atoms with Crippen LogP contribution in [0.2, 0.25) is 0 Å². The Balaban J connectivity index is 1.45. The predicted octanol–water partition coefficient (Wildman–Crippen LogP) is 2.89. The number of rotatable bonds is 2. The normalized spacial score (nSPS) is 26.3. The SMILES string of the molecule is CN1CCc2ccccc2C12CCN(CC1CCOCC1)CC2. The molecule has 0 unspecified atom stereocenters. The fourth-order valence-electron chi connectivity index (χ4n) is 4.95. The molecular formula is C20H30N2O. The van der Waals surface area contributed by atoms with Gasteiger partial charge >= 0.3 is 0 Å². The minimum Gasteiger partial charge on any atom is -0.381 e. The molecule has 126 valence electrons. The molecule has 0 aromatic heterocycles. The number of nitrogens with zero attached hydrogens (tertiary/aromatic N) is 2. The maximum absolute atomic E-state index is 5.51. The second kappa shape index (κ2) is 6.54. The molecule has 4 rings (SSSR count). The fraction of sp³-hybridized carbons (Fsp3) is 0.700. The number of likely N-dealkylation sites (N-methyl/N-ethyl adjacent to an activating group) is 1. The van der Waals surface area contributed by atoms with Gasteiger partial charge in [-0.15, -0.1) is 0 Å². The number of hydrogen-bond donors (Lipinski definition) is 0. The van der Waals surface area contributed by atoms with Crippen LogP contribution in [-0.4, -0.2) is 56.2 Å². The van der Waals surface area contributed by atoms with E-state index < -0.39 is 0 Å². The van der Waals surface area contributed by atoms with Gasteiger partial charge in [-0.2, -0.15) is 0 Å². The summed E-state index contributed by atoms with van der Waals surface area (Å²) in [5.74, 6) is 0.856. The Kier molecular flexibility index (Phi) is 4.44. The quantitative estimate of drug-likeness (QED) is 0.835. The van der Waals surface area contributed by atoms with Crippen molar-refractivity contribution in [2.45, 2.75) is 37.6 Å². The summed E-state index contributed by atoms with van der Waals surface area (Å²) in [4.78, 5) is 5.35. The van der Waals surface area contributed by atoms with Crippen molar-refractivity contribution in [3.63, 3.8) is 0 Å². The van der Waals surface area contributed by atoms with Gasteiger partial charge in [0.2, 0.25) is 0 Å². The molecule has 0 bridgehead atoms. The molecule has 3 nitrogen and oxygen atoms in total. The first kappa shape index (κ1) is 15.6. The standard InChI is InChI=1S/C20H30N2O/c1-21-11-6-18-4-2-3-5-19(18)20(21)9-12-22(13-10-20)16-17-7-14-23-15-8-17/h2-5,17H,6-16H2,1H3. The van der Waals surface area contributed by atoms with E-state index in [1.54, 1.807) is 11.1 Å². The van der Waals surface area contributed by atoms with Crippen LogP contribution in [0.4, 0.5) is 0 Å². The van der Waals surface area contributed by atoms with Crippen molar-refractivity contribution in [1.82, 2.24) is 9.80 Å². The number of ether oxygens (including phenoxy) is 1. The highest BCUT2D eigenvalue weighted by Crippen LogP contribution is 2.42. The minimum atomic E-state index is 0.293. The lowest BCUT2D eigenvalue weighted by molar-refractivity contribution is 0.00905. The van der Waals surface area contributed by atoms with Crippen molar-refractivity contribution < 1.29 is 4.74 Å². The van der Waals surface area contributed by atoms with Gasteiger partial charge in [0.15, 0.2) is 0 Å². The van der Waals surface area contributed by atoms with Crippen LogP contribution in [0.5, 0.6) is 0 Å². The molecule has 23 heavy (non-hydrogen) atoms. The van der Waals surface area contributed by atoms with Gasteiger partial charge in [0, 0.05) is 44.9 Å². The number of fused-ring (bicyclic) bond motifs is 2. The van der Waals surface area contributed by atoms with Crippen molar-refractivity contribution in [1.29, 1.82) is 0 Å². The van der Waals surface area contributed by atoms with Crippen LogP contribution in [0, 0.1) is 5.92 Å². The molecule has 1 aromatic rings. The summed E-state index contributed by atoms with van der Waals surface area (Å²) in [6.07, 6.45) is 6.28. The van der Waals surface area contributed by atoms with E-state index in [1.807, 2.05) is 0 Å².